The van der Waals surface area contributed by atoms with Crippen molar-refractivity contribution in [3.05, 3.63) is 35.7 Å². The van der Waals surface area contributed by atoms with Gasteiger partial charge >= 0.3 is 5.97 Å². The molecule has 0 radical (unpaired) electrons. The fourth-order valence-electron chi connectivity index (χ4n) is 2.47. The van der Waals surface area contributed by atoms with Gasteiger partial charge in [-0.1, -0.05) is 0 Å². The first-order chi connectivity index (χ1) is 10.6. The largest absolute Gasteiger partial charge is 0.489 e. The van der Waals surface area contributed by atoms with Gasteiger partial charge in [-0.2, -0.15) is 5.10 Å². The molecule has 6 nitrogen and oxygen atoms in total. The summed E-state index contributed by atoms with van der Waals surface area (Å²) < 4.78 is 12.3. The van der Waals surface area contributed by atoms with Crippen LogP contribution in [0.4, 0.5) is 5.69 Å². The fraction of sp³-hybridized carbons (Fsp3) is 0.375. The first kappa shape index (κ1) is 14.4. The summed E-state index contributed by atoms with van der Waals surface area (Å²) in [6.45, 7) is 5.46. The highest BCUT2D eigenvalue weighted by Gasteiger charge is 2.21. The lowest BCUT2D eigenvalue weighted by molar-refractivity contribution is -0.139. The number of anilines is 1. The van der Waals surface area contributed by atoms with Crippen LogP contribution in [0, 0.1) is 13.8 Å². The van der Waals surface area contributed by atoms with Gasteiger partial charge in [0.1, 0.15) is 18.9 Å². The van der Waals surface area contributed by atoms with Gasteiger partial charge < -0.3 is 14.4 Å². The number of esters is 1. The predicted octanol–water partition coefficient (Wildman–Crippen LogP) is 1.86. The summed E-state index contributed by atoms with van der Waals surface area (Å²) in [6, 6.07) is 5.88. The zero-order valence-electron chi connectivity index (χ0n) is 13.0. The van der Waals surface area contributed by atoms with Crippen LogP contribution in [0.2, 0.25) is 0 Å². The van der Waals surface area contributed by atoms with Crippen LogP contribution in [0.3, 0.4) is 0 Å². The number of hydrogen-bond acceptors (Lipinski definition) is 5. The molecule has 6 heteroatoms. The van der Waals surface area contributed by atoms with Crippen LogP contribution in [0.5, 0.6) is 5.75 Å². The predicted molar refractivity (Wildman–Crippen MR) is 82.8 cm³/mol. The number of hydrogen-bond donors (Lipinski definition) is 0. The Balaban J connectivity index is 1.91. The Bertz CT molecular complexity index is 689. The molecule has 1 aliphatic rings. The molecule has 2 heterocycles. The molecule has 0 amide bonds. The molecule has 0 saturated carbocycles. The second-order valence-electron chi connectivity index (χ2n) is 5.34. The van der Waals surface area contributed by atoms with Crippen molar-refractivity contribution >= 4 is 11.7 Å². The Morgan fingerprint density at radius 1 is 1.41 bits per heavy atom. The van der Waals surface area contributed by atoms with Crippen LogP contribution in [0.1, 0.15) is 11.3 Å². The number of benzene rings is 1. The van der Waals surface area contributed by atoms with Crippen molar-refractivity contribution in [2.24, 2.45) is 0 Å². The molecule has 0 N–H and O–H groups in total. The summed E-state index contributed by atoms with van der Waals surface area (Å²) in [5.74, 6) is 0.508. The minimum Gasteiger partial charge on any atom is -0.489 e. The van der Waals surface area contributed by atoms with Crippen molar-refractivity contribution in [2.45, 2.75) is 13.8 Å². The molecule has 116 valence electrons. The number of carbonyl (C=O) groups is 1. The molecular formula is C16H19N3O3. The highest BCUT2D eigenvalue weighted by molar-refractivity contribution is 5.77. The van der Waals surface area contributed by atoms with E-state index in [-0.39, 0.29) is 12.5 Å². The Hall–Kier alpha value is -2.50. The first-order valence-electron chi connectivity index (χ1n) is 7.20. The molecule has 0 fully saturated rings. The highest BCUT2D eigenvalue weighted by Crippen LogP contribution is 2.33. The molecule has 0 atom stereocenters. The van der Waals surface area contributed by atoms with Crippen LogP contribution in [-0.2, 0) is 9.53 Å². The van der Waals surface area contributed by atoms with E-state index in [1.807, 2.05) is 47.8 Å². The minimum atomic E-state index is -0.254. The van der Waals surface area contributed by atoms with Crippen molar-refractivity contribution in [1.29, 1.82) is 0 Å². The fourth-order valence-corrected chi connectivity index (χ4v) is 2.47. The van der Waals surface area contributed by atoms with Crippen molar-refractivity contribution in [3.8, 4) is 11.4 Å². The maximum atomic E-state index is 11.5. The topological polar surface area (TPSA) is 56.6 Å². The molecular weight excluding hydrogens is 282 g/mol. The van der Waals surface area contributed by atoms with E-state index in [0.29, 0.717) is 13.2 Å². The maximum Gasteiger partial charge on any atom is 0.325 e. The number of ether oxygens (including phenoxy) is 2. The molecule has 1 aromatic carbocycles. The number of methoxy groups -OCH3 is 1. The van der Waals surface area contributed by atoms with Crippen molar-refractivity contribution in [2.75, 3.05) is 31.7 Å². The Labute approximate surface area is 129 Å². The van der Waals surface area contributed by atoms with Crippen LogP contribution in [0.15, 0.2) is 24.4 Å². The zero-order chi connectivity index (χ0) is 15.7. The summed E-state index contributed by atoms with van der Waals surface area (Å²) in [6.07, 6.45) is 1.99. The van der Waals surface area contributed by atoms with Gasteiger partial charge in [0.2, 0.25) is 0 Å². The molecule has 0 unspecified atom stereocenters. The molecule has 3 rings (SSSR count). The van der Waals surface area contributed by atoms with Gasteiger partial charge in [0.05, 0.1) is 30.7 Å². The summed E-state index contributed by atoms with van der Waals surface area (Å²) in [5.41, 5.74) is 3.99. The monoisotopic (exact) mass is 301 g/mol. The van der Waals surface area contributed by atoms with Gasteiger partial charge in [-0.05, 0) is 31.5 Å². The van der Waals surface area contributed by atoms with Crippen molar-refractivity contribution < 1.29 is 14.3 Å². The van der Waals surface area contributed by atoms with Gasteiger partial charge in [-0.15, -0.1) is 0 Å². The molecule has 0 saturated heterocycles. The molecule has 0 bridgehead atoms. The van der Waals surface area contributed by atoms with E-state index in [0.717, 1.165) is 28.4 Å². The second-order valence-corrected chi connectivity index (χ2v) is 5.34. The number of carbonyl (C=O) groups excluding carboxylic acids is 1. The third kappa shape index (κ3) is 2.64. The SMILES string of the molecule is COC(=O)CN1CCOc2cc(-n3cc(C)c(C)n3)ccc21. The third-order valence-electron chi connectivity index (χ3n) is 3.86. The lowest BCUT2D eigenvalue weighted by atomic mass is 10.2. The molecule has 0 aliphatic carbocycles. The first-order valence-corrected chi connectivity index (χ1v) is 7.20. The van der Waals surface area contributed by atoms with Gasteiger partial charge in [0, 0.05) is 12.3 Å². The van der Waals surface area contributed by atoms with E-state index >= 15 is 0 Å². The van der Waals surface area contributed by atoms with Gasteiger partial charge in [-0.25, -0.2) is 4.68 Å². The van der Waals surface area contributed by atoms with E-state index in [4.69, 9.17) is 9.47 Å². The summed E-state index contributed by atoms with van der Waals surface area (Å²) in [5, 5.41) is 4.48. The average Bonchev–Trinajstić information content (AvgIpc) is 2.86. The van der Waals surface area contributed by atoms with E-state index in [1.165, 1.54) is 7.11 Å². The standard InChI is InChI=1S/C16H19N3O3/c1-11-9-19(17-12(11)2)13-4-5-14-15(8-13)22-7-6-18(14)10-16(20)21-3/h4-5,8-9H,6-7,10H2,1-3H3. The number of nitrogens with zero attached hydrogens (tertiary/aromatic N) is 3. The Morgan fingerprint density at radius 2 is 2.23 bits per heavy atom. The quantitative estimate of drug-likeness (QED) is 0.810. The number of fused-ring (bicyclic) bond motifs is 1. The Morgan fingerprint density at radius 3 is 2.91 bits per heavy atom. The lowest BCUT2D eigenvalue weighted by Gasteiger charge is -2.30. The van der Waals surface area contributed by atoms with E-state index in [1.54, 1.807) is 0 Å². The van der Waals surface area contributed by atoms with E-state index in [2.05, 4.69) is 5.10 Å². The van der Waals surface area contributed by atoms with Crippen molar-refractivity contribution in [3.63, 3.8) is 0 Å². The summed E-state index contributed by atoms with van der Waals surface area (Å²) >= 11 is 0. The second kappa shape index (κ2) is 5.71. The van der Waals surface area contributed by atoms with Crippen LogP contribution in [-0.4, -0.2) is 42.6 Å². The number of aromatic nitrogens is 2. The van der Waals surface area contributed by atoms with Gasteiger partial charge in [0.15, 0.2) is 0 Å². The maximum absolute atomic E-state index is 11.5. The van der Waals surface area contributed by atoms with Crippen LogP contribution >= 0.6 is 0 Å². The zero-order valence-corrected chi connectivity index (χ0v) is 13.0. The van der Waals surface area contributed by atoms with Gasteiger partial charge in [-0.3, -0.25) is 4.79 Å². The van der Waals surface area contributed by atoms with Crippen LogP contribution in [0.25, 0.3) is 5.69 Å². The third-order valence-corrected chi connectivity index (χ3v) is 3.86. The molecule has 1 aromatic heterocycles. The summed E-state index contributed by atoms with van der Waals surface area (Å²) in [7, 11) is 1.40. The smallest absolute Gasteiger partial charge is 0.325 e. The number of rotatable bonds is 3. The average molecular weight is 301 g/mol. The van der Waals surface area contributed by atoms with E-state index < -0.39 is 0 Å². The lowest BCUT2D eigenvalue weighted by Crippen LogP contribution is -2.37. The molecule has 0 spiro atoms. The minimum absolute atomic E-state index is 0.228. The molecule has 1 aliphatic heterocycles. The number of aryl methyl sites for hydroxylation is 2. The molecule has 2 aromatic rings. The Kier molecular flexibility index (Phi) is 3.75. The van der Waals surface area contributed by atoms with E-state index in [9.17, 15) is 4.79 Å². The van der Waals surface area contributed by atoms with Gasteiger partial charge in [0.25, 0.3) is 0 Å². The van der Waals surface area contributed by atoms with Crippen LogP contribution < -0.4 is 9.64 Å². The summed E-state index contributed by atoms with van der Waals surface area (Å²) in [4.78, 5) is 13.5. The highest BCUT2D eigenvalue weighted by atomic mass is 16.5. The normalized spacial score (nSPS) is 13.5. The van der Waals surface area contributed by atoms with Crippen molar-refractivity contribution in [1.82, 2.24) is 9.78 Å². The molecule has 22 heavy (non-hydrogen) atoms.